The van der Waals surface area contributed by atoms with Gasteiger partial charge in [-0.1, -0.05) is 29.8 Å². The average Bonchev–Trinajstić information content (AvgIpc) is 3.32. The molecule has 0 radical (unpaired) electrons. The summed E-state index contributed by atoms with van der Waals surface area (Å²) in [5.41, 5.74) is 3.89. The van der Waals surface area contributed by atoms with Gasteiger partial charge in [0.1, 0.15) is 18.2 Å². The van der Waals surface area contributed by atoms with Crippen molar-refractivity contribution >= 4 is 34.5 Å². The Kier molecular flexibility index (Phi) is 6.46. The largest absolute Gasteiger partial charge is 0.353 e. The van der Waals surface area contributed by atoms with Crippen molar-refractivity contribution in [2.24, 2.45) is 0 Å². The van der Waals surface area contributed by atoms with Gasteiger partial charge in [0.25, 0.3) is 0 Å². The highest BCUT2D eigenvalue weighted by molar-refractivity contribution is 7.98. The third-order valence-electron chi connectivity index (χ3n) is 6.01. The van der Waals surface area contributed by atoms with E-state index in [1.807, 2.05) is 23.0 Å². The number of piperazine rings is 1. The van der Waals surface area contributed by atoms with Crippen LogP contribution in [0, 0.1) is 6.92 Å². The lowest BCUT2D eigenvalue weighted by atomic mass is 10.1. The lowest BCUT2D eigenvalue weighted by Crippen LogP contribution is -2.57. The molecule has 0 spiro atoms. The predicted molar refractivity (Wildman–Crippen MR) is 135 cm³/mol. The number of hydrogen-bond donors (Lipinski definition) is 2. The highest BCUT2D eigenvalue weighted by Crippen LogP contribution is 2.24. The number of carbonyl (C=O) groups excluding carboxylic acids is 1. The maximum absolute atomic E-state index is 12.9. The fraction of sp³-hybridized carbons (Fsp3) is 0.280. The molecule has 1 amide bonds. The molecule has 34 heavy (non-hydrogen) atoms. The third-order valence-corrected chi connectivity index (χ3v) is 6.76. The summed E-state index contributed by atoms with van der Waals surface area (Å²) in [5, 5.41) is 11.9. The molecule has 0 aliphatic carbocycles. The summed E-state index contributed by atoms with van der Waals surface area (Å²) >= 11 is 1.70. The minimum Gasteiger partial charge on any atom is -0.353 e. The van der Waals surface area contributed by atoms with Crippen LogP contribution in [0.5, 0.6) is 0 Å². The van der Waals surface area contributed by atoms with Crippen molar-refractivity contribution < 1.29 is 4.79 Å². The second kappa shape index (κ2) is 9.82. The van der Waals surface area contributed by atoms with Gasteiger partial charge in [-0.3, -0.25) is 4.79 Å². The Balaban J connectivity index is 1.30. The summed E-state index contributed by atoms with van der Waals surface area (Å²) in [6.07, 6.45) is 5.56. The Hall–Kier alpha value is -3.43. The number of amides is 1. The number of hydrogen-bond acceptors (Lipinski definition) is 7. The van der Waals surface area contributed by atoms with Gasteiger partial charge in [0.15, 0.2) is 5.65 Å². The fourth-order valence-corrected chi connectivity index (χ4v) is 4.49. The van der Waals surface area contributed by atoms with Crippen molar-refractivity contribution in [1.82, 2.24) is 30.4 Å². The smallest absolute Gasteiger partial charge is 0.239 e. The van der Waals surface area contributed by atoms with Gasteiger partial charge in [0, 0.05) is 37.3 Å². The second-order valence-corrected chi connectivity index (χ2v) is 9.24. The van der Waals surface area contributed by atoms with Crippen LogP contribution in [0.3, 0.4) is 0 Å². The molecule has 9 heteroatoms. The van der Waals surface area contributed by atoms with Gasteiger partial charge in [0.2, 0.25) is 5.91 Å². The molecule has 2 aromatic heterocycles. The van der Waals surface area contributed by atoms with Crippen LogP contribution < -0.4 is 15.5 Å². The molecule has 5 rings (SSSR count). The first-order valence-electron chi connectivity index (χ1n) is 11.3. The topological polar surface area (TPSA) is 88.0 Å². The number of nitrogens with one attached hydrogen (secondary N) is 2. The van der Waals surface area contributed by atoms with Crippen LogP contribution in [0.1, 0.15) is 11.1 Å². The summed E-state index contributed by atoms with van der Waals surface area (Å²) in [6, 6.07) is 16.1. The van der Waals surface area contributed by atoms with E-state index in [0.29, 0.717) is 25.3 Å². The molecule has 1 atom stereocenters. The van der Waals surface area contributed by atoms with Crippen molar-refractivity contribution in [1.29, 1.82) is 0 Å². The first-order chi connectivity index (χ1) is 16.6. The molecule has 0 bridgehead atoms. The number of benzene rings is 2. The summed E-state index contributed by atoms with van der Waals surface area (Å²) in [7, 11) is 0. The molecule has 0 unspecified atom stereocenters. The first-order valence-corrected chi connectivity index (χ1v) is 12.5. The van der Waals surface area contributed by atoms with Gasteiger partial charge in [-0.2, -0.15) is 0 Å². The molecule has 2 aromatic carbocycles. The summed E-state index contributed by atoms with van der Waals surface area (Å²) < 4.78 is 1.83. The van der Waals surface area contributed by atoms with E-state index in [1.165, 1.54) is 10.5 Å². The zero-order chi connectivity index (χ0) is 23.5. The van der Waals surface area contributed by atoms with Gasteiger partial charge >= 0.3 is 0 Å². The lowest BCUT2D eigenvalue weighted by Gasteiger charge is -2.33. The molecule has 8 nitrogen and oxygen atoms in total. The summed E-state index contributed by atoms with van der Waals surface area (Å²) in [6.45, 7) is 4.54. The first kappa shape index (κ1) is 22.4. The van der Waals surface area contributed by atoms with E-state index in [9.17, 15) is 4.79 Å². The molecule has 2 N–H and O–H groups in total. The Bertz CT molecular complexity index is 1290. The number of fused-ring (bicyclic) bond motifs is 1. The van der Waals surface area contributed by atoms with E-state index in [4.69, 9.17) is 0 Å². The van der Waals surface area contributed by atoms with Crippen molar-refractivity contribution in [3.63, 3.8) is 0 Å². The zero-order valence-electron chi connectivity index (χ0n) is 19.2. The quantitative estimate of drug-likeness (QED) is 0.416. The maximum Gasteiger partial charge on any atom is 0.239 e. The molecule has 3 heterocycles. The van der Waals surface area contributed by atoms with E-state index >= 15 is 0 Å². The summed E-state index contributed by atoms with van der Waals surface area (Å²) in [4.78, 5) is 25.2. The van der Waals surface area contributed by atoms with Gasteiger partial charge in [0.05, 0.1) is 11.1 Å². The SMILES string of the molecule is CSc1ccc(CNC(=O)[C@@H]2CN(c3ncnc4nn(-c5ccc(C)cc5)cc34)CCN2)cc1. The monoisotopic (exact) mass is 473 g/mol. The van der Waals surface area contributed by atoms with Crippen LogP contribution in [0.4, 0.5) is 5.82 Å². The molecule has 1 fully saturated rings. The molecular formula is C25H27N7OS. The standard InChI is InChI=1S/C25H27N7OS/c1-17-3-7-19(8-4-17)32-14-21-23(30-32)28-16-29-24(21)31-12-11-26-22(15-31)25(33)27-13-18-5-9-20(34-2)10-6-18/h3-10,14,16,22,26H,11-13,15H2,1-2H3,(H,27,33)/t22-/m0/s1. The van der Waals surface area contributed by atoms with Crippen LogP contribution in [0.2, 0.25) is 0 Å². The van der Waals surface area contributed by atoms with Crippen molar-refractivity contribution in [3.05, 3.63) is 72.2 Å². The lowest BCUT2D eigenvalue weighted by molar-refractivity contribution is -0.123. The molecule has 1 aliphatic heterocycles. The number of aromatic nitrogens is 4. The maximum atomic E-state index is 12.9. The Labute approximate surface area is 202 Å². The molecular weight excluding hydrogens is 446 g/mol. The highest BCUT2D eigenvalue weighted by atomic mass is 32.2. The van der Waals surface area contributed by atoms with Crippen LogP contribution >= 0.6 is 11.8 Å². The Morgan fingerprint density at radius 2 is 1.94 bits per heavy atom. The van der Waals surface area contributed by atoms with Gasteiger partial charge in [-0.15, -0.1) is 16.9 Å². The fourth-order valence-electron chi connectivity index (χ4n) is 4.08. The number of rotatable bonds is 6. The number of thioether (sulfide) groups is 1. The van der Waals surface area contributed by atoms with Crippen LogP contribution in [0.15, 0.2) is 66.0 Å². The van der Waals surface area contributed by atoms with Crippen LogP contribution in [-0.4, -0.2) is 57.6 Å². The highest BCUT2D eigenvalue weighted by Gasteiger charge is 2.27. The molecule has 174 valence electrons. The van der Waals surface area contributed by atoms with Gasteiger partial charge < -0.3 is 15.5 Å². The molecule has 1 aliphatic rings. The molecule has 1 saturated heterocycles. The third kappa shape index (κ3) is 4.76. The number of carbonyl (C=O) groups is 1. The van der Waals surface area contributed by atoms with E-state index < -0.39 is 0 Å². The normalized spacial score (nSPS) is 16.1. The average molecular weight is 474 g/mol. The molecule has 4 aromatic rings. The van der Waals surface area contributed by atoms with E-state index in [1.54, 1.807) is 18.1 Å². The van der Waals surface area contributed by atoms with Gasteiger partial charge in [-0.25, -0.2) is 14.6 Å². The Morgan fingerprint density at radius 1 is 1.15 bits per heavy atom. The van der Waals surface area contributed by atoms with Crippen molar-refractivity contribution in [2.75, 3.05) is 30.8 Å². The van der Waals surface area contributed by atoms with Crippen molar-refractivity contribution in [3.8, 4) is 5.69 Å². The van der Waals surface area contributed by atoms with E-state index in [0.717, 1.165) is 29.0 Å². The number of aryl methyl sites for hydroxylation is 1. The molecule has 0 saturated carbocycles. The van der Waals surface area contributed by atoms with E-state index in [2.05, 4.69) is 80.2 Å². The van der Waals surface area contributed by atoms with E-state index in [-0.39, 0.29) is 11.9 Å². The predicted octanol–water partition coefficient (Wildman–Crippen LogP) is 2.94. The minimum atomic E-state index is -0.323. The van der Waals surface area contributed by atoms with Crippen LogP contribution in [0.25, 0.3) is 16.7 Å². The Morgan fingerprint density at radius 3 is 2.71 bits per heavy atom. The zero-order valence-corrected chi connectivity index (χ0v) is 20.0. The summed E-state index contributed by atoms with van der Waals surface area (Å²) in [5.74, 6) is 0.787. The van der Waals surface area contributed by atoms with Crippen molar-refractivity contribution in [2.45, 2.75) is 24.4 Å². The van der Waals surface area contributed by atoms with Crippen LogP contribution in [-0.2, 0) is 11.3 Å². The number of nitrogens with zero attached hydrogens (tertiary/aromatic N) is 5. The van der Waals surface area contributed by atoms with Gasteiger partial charge in [-0.05, 0) is 43.0 Å². The second-order valence-electron chi connectivity index (χ2n) is 8.36. The number of anilines is 1. The minimum absolute atomic E-state index is 0.0145.